The van der Waals surface area contributed by atoms with Crippen molar-refractivity contribution in [3.05, 3.63) is 29.3 Å². The smallest absolute Gasteiger partial charge is 0.156 e. The summed E-state index contributed by atoms with van der Waals surface area (Å²) >= 11 is 5.64. The van der Waals surface area contributed by atoms with E-state index in [1.807, 2.05) is 0 Å². The van der Waals surface area contributed by atoms with E-state index in [-0.39, 0.29) is 0 Å². The summed E-state index contributed by atoms with van der Waals surface area (Å²) in [6, 6.07) is 6.75. The topological polar surface area (TPSA) is 26.0 Å². The van der Waals surface area contributed by atoms with Crippen molar-refractivity contribution >= 4 is 17.3 Å². The summed E-state index contributed by atoms with van der Waals surface area (Å²) in [5.41, 5.74) is 0.881. The molecule has 0 aliphatic carbocycles. The van der Waals surface area contributed by atoms with E-state index in [4.69, 9.17) is 14.4 Å². The van der Waals surface area contributed by atoms with Gasteiger partial charge in [-0.3, -0.25) is 0 Å². The maximum absolute atomic E-state index is 6.88. The molecule has 0 aliphatic heterocycles. The van der Waals surface area contributed by atoms with Crippen molar-refractivity contribution in [3.63, 3.8) is 0 Å². The van der Waals surface area contributed by atoms with Gasteiger partial charge >= 0.3 is 0 Å². The Morgan fingerprint density at radius 2 is 2.25 bits per heavy atom. The lowest BCUT2D eigenvalue weighted by Crippen LogP contribution is -1.82. The minimum absolute atomic E-state index is 0.393. The van der Waals surface area contributed by atoms with E-state index in [1.54, 1.807) is 24.3 Å². The fourth-order valence-electron chi connectivity index (χ4n) is 0.452. The molecule has 0 spiro atoms. The van der Waals surface area contributed by atoms with Crippen LogP contribution in [0.3, 0.4) is 0 Å². The fourth-order valence-corrected chi connectivity index (χ4v) is 0.587. The lowest BCUT2D eigenvalue weighted by molar-refractivity contribution is 1.68. The molecule has 0 bridgehead atoms. The molecule has 2 N–H and O–H groups in total. The van der Waals surface area contributed by atoms with Crippen LogP contribution in [-0.4, -0.2) is 0 Å². The van der Waals surface area contributed by atoms with Gasteiger partial charge in [0.2, 0.25) is 0 Å². The first-order valence-corrected chi connectivity index (χ1v) is 2.62. The van der Waals surface area contributed by atoms with Crippen LogP contribution in [0.1, 0.15) is 0 Å². The molecule has 0 aromatic heterocycles. The molecule has 8 heavy (non-hydrogen) atoms. The SMILES string of the molecule is [2H]N([2H])c1ccccc1Cl. The first-order valence-electron chi connectivity index (χ1n) is 3.13. The van der Waals surface area contributed by atoms with Crippen LogP contribution in [0.2, 0.25) is 7.85 Å². The molecule has 0 fully saturated rings. The standard InChI is InChI=1S/C6H6ClN/c7-5-3-1-2-4-6(5)8/h1-4H,8H2/i/hD2. The highest BCUT2D eigenvalue weighted by Crippen LogP contribution is 2.15. The van der Waals surface area contributed by atoms with Gasteiger partial charge in [0.1, 0.15) is 0 Å². The van der Waals surface area contributed by atoms with Crippen LogP contribution in [-0.2, 0) is 0 Å². The maximum Gasteiger partial charge on any atom is 0.156 e. The second-order valence-electron chi connectivity index (χ2n) is 1.45. The Morgan fingerprint density at radius 3 is 2.75 bits per heavy atom. The van der Waals surface area contributed by atoms with Gasteiger partial charge in [-0.25, -0.2) is 0 Å². The number of para-hydroxylation sites is 1. The highest BCUT2D eigenvalue weighted by molar-refractivity contribution is 6.33. The molecule has 1 aromatic carbocycles. The van der Waals surface area contributed by atoms with Crippen LogP contribution < -0.4 is 5.72 Å². The third-order valence-corrected chi connectivity index (χ3v) is 1.17. The predicted molar refractivity (Wildman–Crippen MR) is 35.9 cm³/mol. The van der Waals surface area contributed by atoms with Gasteiger partial charge in [0, 0.05) is 0 Å². The minimum Gasteiger partial charge on any atom is -0.398 e. The van der Waals surface area contributed by atoms with Gasteiger partial charge in [0.15, 0.2) is 2.82 Å². The molecule has 0 heterocycles. The Kier molecular flexibility index (Phi) is 0.862. The highest BCUT2D eigenvalue weighted by atomic mass is 35.5. The number of halogens is 1. The molecule has 0 radical (unpaired) electrons. The summed E-state index contributed by atoms with van der Waals surface area (Å²) in [4.78, 5) is 0. The molecule has 0 saturated carbocycles. The third kappa shape index (κ3) is 0.928. The zero-order valence-electron chi connectivity index (χ0n) is 6.13. The number of hydrogen-bond acceptors (Lipinski definition) is 1. The summed E-state index contributed by atoms with van der Waals surface area (Å²) in [6.07, 6.45) is 0. The van der Waals surface area contributed by atoms with E-state index in [0.717, 1.165) is 0 Å². The summed E-state index contributed by atoms with van der Waals surface area (Å²) in [5.74, 6) is 0. The Labute approximate surface area is 56.0 Å². The number of hydrogen-bond donors (Lipinski definition) is 1. The maximum atomic E-state index is 6.88. The Hall–Kier alpha value is -0.690. The second-order valence-corrected chi connectivity index (χ2v) is 1.86. The lowest BCUT2D eigenvalue weighted by Gasteiger charge is -1.91. The van der Waals surface area contributed by atoms with Crippen LogP contribution in [0.5, 0.6) is 0 Å². The van der Waals surface area contributed by atoms with Gasteiger partial charge in [0.05, 0.1) is 10.7 Å². The summed E-state index contributed by atoms with van der Waals surface area (Å²) in [6.45, 7) is 0. The summed E-state index contributed by atoms with van der Waals surface area (Å²) < 4.78 is 13.8. The summed E-state index contributed by atoms with van der Waals surface area (Å²) in [5, 5.41) is 0.424. The van der Waals surface area contributed by atoms with Gasteiger partial charge in [-0.15, -0.1) is 0 Å². The zero-order chi connectivity index (χ0) is 7.56. The number of rotatable bonds is 1. The van der Waals surface area contributed by atoms with Crippen molar-refractivity contribution < 1.29 is 2.82 Å². The molecular formula is C6H6ClN. The molecule has 42 valence electrons. The monoisotopic (exact) mass is 129 g/mol. The lowest BCUT2D eigenvalue weighted by atomic mass is 10.3. The third-order valence-electron chi connectivity index (χ3n) is 0.852. The average Bonchev–Trinajstić information content (AvgIpc) is 1.88. The molecule has 0 amide bonds. The van der Waals surface area contributed by atoms with Crippen molar-refractivity contribution in [2.45, 2.75) is 0 Å². The van der Waals surface area contributed by atoms with Crippen molar-refractivity contribution in [2.24, 2.45) is 0 Å². The Morgan fingerprint density at radius 1 is 1.50 bits per heavy atom. The zero-order valence-corrected chi connectivity index (χ0v) is 4.89. The van der Waals surface area contributed by atoms with Gasteiger partial charge < -0.3 is 5.72 Å². The van der Waals surface area contributed by atoms with Crippen LogP contribution in [0.25, 0.3) is 0 Å². The molecule has 0 unspecified atom stereocenters. The van der Waals surface area contributed by atoms with Crippen LogP contribution in [0, 0.1) is 0 Å². The quantitative estimate of drug-likeness (QED) is 0.576. The molecule has 0 aliphatic rings. The van der Waals surface area contributed by atoms with E-state index < -0.39 is 0 Å². The first kappa shape index (κ1) is 3.36. The van der Waals surface area contributed by atoms with Crippen LogP contribution >= 0.6 is 11.6 Å². The number of nitrogens with two attached hydrogens (primary N) is 1. The van der Waals surface area contributed by atoms with Crippen LogP contribution in [0.4, 0.5) is 5.69 Å². The van der Waals surface area contributed by atoms with Crippen molar-refractivity contribution in [3.8, 4) is 0 Å². The number of benzene rings is 1. The average molecular weight is 130 g/mol. The Balaban J connectivity index is 3.03. The second kappa shape index (κ2) is 2.05. The highest BCUT2D eigenvalue weighted by Gasteiger charge is 1.87. The number of anilines is 1. The molecule has 1 rings (SSSR count). The van der Waals surface area contributed by atoms with Gasteiger partial charge in [-0.1, -0.05) is 23.7 Å². The first-order chi connectivity index (χ1) is 4.72. The normalized spacial score (nSPS) is 12.1. The Bertz CT molecular complexity index is 227. The van der Waals surface area contributed by atoms with Crippen molar-refractivity contribution in [1.29, 1.82) is 0 Å². The van der Waals surface area contributed by atoms with Gasteiger partial charge in [-0.2, -0.15) is 0 Å². The summed E-state index contributed by atoms with van der Waals surface area (Å²) in [7, 11) is 0. The molecular weight excluding hydrogens is 122 g/mol. The van der Waals surface area contributed by atoms with Gasteiger partial charge in [-0.05, 0) is 12.1 Å². The fraction of sp³-hybridized carbons (Fsp3) is 0. The van der Waals surface area contributed by atoms with E-state index in [0.29, 0.717) is 16.4 Å². The van der Waals surface area contributed by atoms with Crippen LogP contribution in [0.15, 0.2) is 24.3 Å². The van der Waals surface area contributed by atoms with E-state index in [1.165, 1.54) is 0 Å². The number of nitrogen functional groups attached to an aromatic ring is 1. The van der Waals surface area contributed by atoms with E-state index in [9.17, 15) is 0 Å². The van der Waals surface area contributed by atoms with Crippen molar-refractivity contribution in [2.75, 3.05) is 5.72 Å². The molecule has 0 atom stereocenters. The van der Waals surface area contributed by atoms with E-state index >= 15 is 0 Å². The molecule has 1 nitrogen and oxygen atoms in total. The predicted octanol–water partition coefficient (Wildman–Crippen LogP) is 1.92. The molecule has 1 aromatic rings. The molecule has 2 heteroatoms. The largest absolute Gasteiger partial charge is 0.398 e. The van der Waals surface area contributed by atoms with E-state index in [2.05, 4.69) is 0 Å². The van der Waals surface area contributed by atoms with Crippen molar-refractivity contribution in [1.82, 2.24) is 0 Å². The molecule has 0 saturated heterocycles. The minimum atomic E-state index is 0.393. The van der Waals surface area contributed by atoms with Gasteiger partial charge in [0.25, 0.3) is 0 Å².